The summed E-state index contributed by atoms with van der Waals surface area (Å²) in [5.41, 5.74) is 6.00. The summed E-state index contributed by atoms with van der Waals surface area (Å²) in [5, 5.41) is 1.30. The Kier molecular flexibility index (Phi) is 6.22. The van der Waals surface area contributed by atoms with E-state index >= 15 is 0 Å². The second kappa shape index (κ2) is 7.49. The number of amides is 1. The van der Waals surface area contributed by atoms with Gasteiger partial charge < -0.3 is 20.4 Å². The van der Waals surface area contributed by atoms with Gasteiger partial charge in [-0.3, -0.25) is 4.79 Å². The maximum atomic E-state index is 12.8. The number of allylic oxidation sites excluding steroid dienone is 1. The molecule has 1 saturated heterocycles. The van der Waals surface area contributed by atoms with Gasteiger partial charge in [0.05, 0.1) is 12.8 Å². The lowest BCUT2D eigenvalue weighted by Crippen LogP contribution is -2.54. The first-order chi connectivity index (χ1) is 10.2. The molecule has 0 aliphatic carbocycles. The zero-order valence-electron chi connectivity index (χ0n) is 14.1. The molecule has 1 heterocycles. The summed E-state index contributed by atoms with van der Waals surface area (Å²) in [6.07, 6.45) is 2.00. The predicted molar refractivity (Wildman–Crippen MR) is 84.0 cm³/mol. The largest absolute Gasteiger partial charge is 0.464 e. The summed E-state index contributed by atoms with van der Waals surface area (Å²) in [4.78, 5) is 26.2. The van der Waals surface area contributed by atoms with Gasteiger partial charge in [-0.25, -0.2) is 10.6 Å². The van der Waals surface area contributed by atoms with E-state index in [1.165, 1.54) is 12.1 Å². The summed E-state index contributed by atoms with van der Waals surface area (Å²) in [5.74, 6) is 5.40. The number of hydrogen-bond acceptors (Lipinski definition) is 6. The minimum absolute atomic E-state index is 0.0225. The topological polar surface area (TPSA) is 102 Å². The molecular weight excluding hydrogens is 284 g/mol. The Morgan fingerprint density at radius 1 is 1.36 bits per heavy atom. The smallest absolute Gasteiger partial charge is 0.355 e. The Balaban J connectivity index is 3.04. The highest BCUT2D eigenvalue weighted by atomic mass is 16.5. The van der Waals surface area contributed by atoms with Gasteiger partial charge >= 0.3 is 5.97 Å². The minimum atomic E-state index is -0.655. The van der Waals surface area contributed by atoms with Gasteiger partial charge in [0, 0.05) is 12.6 Å². The Morgan fingerprint density at radius 2 is 1.95 bits per heavy atom. The van der Waals surface area contributed by atoms with Gasteiger partial charge in [-0.05, 0) is 32.6 Å². The van der Waals surface area contributed by atoms with Crippen LogP contribution in [0, 0.1) is 5.92 Å². The van der Waals surface area contributed by atoms with Gasteiger partial charge in [0.2, 0.25) is 5.91 Å². The fraction of sp³-hybridized carbons (Fsp3) is 0.733. The standard InChI is InChI=1S/C15H28N4O3/c1-9(2)13(14(20)18-8-6-7-10(18)3)19(17)11(4)12(16)15(21)22-5/h9-10,13H,6-8,16-17H2,1-5H3/b12-11-. The van der Waals surface area contributed by atoms with Gasteiger partial charge in [-0.1, -0.05) is 13.8 Å². The molecule has 0 spiro atoms. The monoisotopic (exact) mass is 312 g/mol. The highest BCUT2D eigenvalue weighted by Crippen LogP contribution is 2.23. The van der Waals surface area contributed by atoms with Crippen molar-refractivity contribution in [3.05, 3.63) is 11.4 Å². The second-order valence-corrected chi connectivity index (χ2v) is 6.11. The molecular formula is C15H28N4O3. The van der Waals surface area contributed by atoms with E-state index in [1.807, 2.05) is 25.7 Å². The third-order valence-electron chi connectivity index (χ3n) is 4.20. The molecule has 126 valence electrons. The molecule has 1 amide bonds. The van der Waals surface area contributed by atoms with Crippen molar-refractivity contribution in [3.63, 3.8) is 0 Å². The van der Waals surface area contributed by atoms with Crippen molar-refractivity contribution in [1.29, 1.82) is 0 Å². The first-order valence-electron chi connectivity index (χ1n) is 7.61. The molecule has 0 saturated carbocycles. The molecule has 0 bridgehead atoms. The average Bonchev–Trinajstić information content (AvgIpc) is 2.90. The second-order valence-electron chi connectivity index (χ2n) is 6.11. The lowest BCUT2D eigenvalue weighted by molar-refractivity contribution is -0.139. The van der Waals surface area contributed by atoms with E-state index in [9.17, 15) is 9.59 Å². The summed E-state index contributed by atoms with van der Waals surface area (Å²) in [6.45, 7) is 8.23. The number of rotatable bonds is 5. The Labute approximate surface area is 132 Å². The first kappa shape index (κ1) is 18.3. The molecule has 1 fully saturated rings. The number of ether oxygens (including phenoxy) is 1. The third-order valence-corrected chi connectivity index (χ3v) is 4.20. The molecule has 7 nitrogen and oxygen atoms in total. The number of likely N-dealkylation sites (tertiary alicyclic amines) is 1. The zero-order valence-corrected chi connectivity index (χ0v) is 14.1. The fourth-order valence-corrected chi connectivity index (χ4v) is 2.76. The number of carbonyl (C=O) groups excluding carboxylic acids is 2. The average molecular weight is 312 g/mol. The number of nitrogens with zero attached hydrogens (tertiary/aromatic N) is 2. The molecule has 22 heavy (non-hydrogen) atoms. The summed E-state index contributed by atoms with van der Waals surface area (Å²) in [6, 6.07) is -0.354. The van der Waals surface area contributed by atoms with Crippen LogP contribution in [-0.4, -0.2) is 47.5 Å². The van der Waals surface area contributed by atoms with Crippen molar-refractivity contribution in [2.75, 3.05) is 13.7 Å². The van der Waals surface area contributed by atoms with Gasteiger partial charge in [0.15, 0.2) is 0 Å². The van der Waals surface area contributed by atoms with Crippen LogP contribution >= 0.6 is 0 Å². The number of methoxy groups -OCH3 is 1. The highest BCUT2D eigenvalue weighted by molar-refractivity contribution is 5.88. The molecule has 1 rings (SSSR count). The van der Waals surface area contributed by atoms with Crippen molar-refractivity contribution < 1.29 is 14.3 Å². The lowest BCUT2D eigenvalue weighted by atomic mass is 10.0. The van der Waals surface area contributed by atoms with E-state index in [2.05, 4.69) is 4.74 Å². The van der Waals surface area contributed by atoms with Crippen molar-refractivity contribution in [2.24, 2.45) is 17.5 Å². The SMILES string of the molecule is COC(=O)/C(N)=C(\C)N(N)C(C(=O)N1CCCC1C)C(C)C. The number of nitrogens with two attached hydrogens (primary N) is 2. The molecule has 2 atom stereocenters. The highest BCUT2D eigenvalue weighted by Gasteiger charge is 2.36. The number of carbonyl (C=O) groups is 2. The van der Waals surface area contributed by atoms with Crippen LogP contribution in [0.2, 0.25) is 0 Å². The van der Waals surface area contributed by atoms with Crippen molar-refractivity contribution in [1.82, 2.24) is 9.91 Å². The van der Waals surface area contributed by atoms with Crippen LogP contribution in [0.3, 0.4) is 0 Å². The number of hydrazine groups is 1. The van der Waals surface area contributed by atoms with Crippen LogP contribution in [0.15, 0.2) is 11.4 Å². The maximum absolute atomic E-state index is 12.8. The van der Waals surface area contributed by atoms with E-state index < -0.39 is 12.0 Å². The van der Waals surface area contributed by atoms with Crippen molar-refractivity contribution >= 4 is 11.9 Å². The van der Waals surface area contributed by atoms with Crippen LogP contribution in [0.5, 0.6) is 0 Å². The van der Waals surface area contributed by atoms with E-state index in [0.717, 1.165) is 19.4 Å². The summed E-state index contributed by atoms with van der Waals surface area (Å²) >= 11 is 0. The molecule has 1 aliphatic heterocycles. The van der Waals surface area contributed by atoms with Crippen LogP contribution in [0.25, 0.3) is 0 Å². The Hall–Kier alpha value is -1.76. The molecule has 0 aromatic heterocycles. The molecule has 7 heteroatoms. The molecule has 0 aromatic rings. The van der Waals surface area contributed by atoms with Gasteiger partial charge in [0.25, 0.3) is 0 Å². The first-order valence-corrected chi connectivity index (χ1v) is 7.61. The molecule has 4 N–H and O–H groups in total. The third kappa shape index (κ3) is 3.71. The Morgan fingerprint density at radius 3 is 2.36 bits per heavy atom. The number of hydrogen-bond donors (Lipinski definition) is 2. The maximum Gasteiger partial charge on any atom is 0.355 e. The number of esters is 1. The zero-order chi connectivity index (χ0) is 17.0. The Bertz CT molecular complexity index is 462. The van der Waals surface area contributed by atoms with Crippen LogP contribution in [-0.2, 0) is 14.3 Å². The predicted octanol–water partition coefficient (Wildman–Crippen LogP) is 0.561. The van der Waals surface area contributed by atoms with Crippen molar-refractivity contribution in [2.45, 2.75) is 52.6 Å². The molecule has 0 radical (unpaired) electrons. The molecule has 1 aliphatic rings. The summed E-state index contributed by atoms with van der Waals surface area (Å²) < 4.78 is 4.60. The summed E-state index contributed by atoms with van der Waals surface area (Å²) in [7, 11) is 1.25. The van der Waals surface area contributed by atoms with Gasteiger partial charge in [-0.2, -0.15) is 0 Å². The van der Waals surface area contributed by atoms with E-state index in [0.29, 0.717) is 5.70 Å². The van der Waals surface area contributed by atoms with Gasteiger partial charge in [0.1, 0.15) is 11.7 Å². The van der Waals surface area contributed by atoms with E-state index in [4.69, 9.17) is 11.6 Å². The van der Waals surface area contributed by atoms with Crippen LogP contribution < -0.4 is 11.6 Å². The quantitative estimate of drug-likeness (QED) is 0.333. The lowest BCUT2D eigenvalue weighted by Gasteiger charge is -2.36. The van der Waals surface area contributed by atoms with Crippen molar-refractivity contribution in [3.8, 4) is 0 Å². The van der Waals surface area contributed by atoms with Crippen LogP contribution in [0.4, 0.5) is 0 Å². The van der Waals surface area contributed by atoms with Crippen LogP contribution in [0.1, 0.15) is 40.5 Å². The molecule has 0 aromatic carbocycles. The normalized spacial score (nSPS) is 20.7. The minimum Gasteiger partial charge on any atom is -0.464 e. The van der Waals surface area contributed by atoms with E-state index in [1.54, 1.807) is 6.92 Å². The molecule has 2 unspecified atom stereocenters. The fourth-order valence-electron chi connectivity index (χ4n) is 2.76. The van der Waals surface area contributed by atoms with E-state index in [-0.39, 0.29) is 23.6 Å². The van der Waals surface area contributed by atoms with Gasteiger partial charge in [-0.15, -0.1) is 0 Å².